The number of carbonyl (C=O) groups is 2. The summed E-state index contributed by atoms with van der Waals surface area (Å²) in [6.45, 7) is 1.44. The van der Waals surface area contributed by atoms with Crippen LogP contribution in [0.15, 0.2) is 47.4 Å². The maximum absolute atomic E-state index is 12.2. The lowest BCUT2D eigenvalue weighted by Gasteiger charge is -2.18. The van der Waals surface area contributed by atoms with E-state index in [0.717, 1.165) is 22.2 Å². The third-order valence-electron chi connectivity index (χ3n) is 2.90. The lowest BCUT2D eigenvalue weighted by molar-refractivity contribution is -0.144. The first-order valence-electron chi connectivity index (χ1n) is 6.22. The van der Waals surface area contributed by atoms with Crippen LogP contribution >= 0.6 is 24.0 Å². The summed E-state index contributed by atoms with van der Waals surface area (Å²) in [5, 5.41) is 8.99. The standard InChI is InChI=1S/C15H13NO3S2/c1-10(14(18)19)16-13(17)12(21-15(16)20)9-5-8-11-6-3-2-4-7-11/h2-10H,1H3,(H,18,19)/b8-5+,12-9+. The molecule has 1 aliphatic heterocycles. The van der Waals surface area contributed by atoms with E-state index in [0.29, 0.717) is 4.91 Å². The topological polar surface area (TPSA) is 57.6 Å². The second-order valence-corrected chi connectivity index (χ2v) is 6.03. The molecule has 4 nitrogen and oxygen atoms in total. The number of thioether (sulfide) groups is 1. The highest BCUT2D eigenvalue weighted by atomic mass is 32.2. The molecule has 1 atom stereocenters. The van der Waals surface area contributed by atoms with Gasteiger partial charge in [0.15, 0.2) is 0 Å². The maximum Gasteiger partial charge on any atom is 0.326 e. The van der Waals surface area contributed by atoms with Gasteiger partial charge in [-0.25, -0.2) is 4.79 Å². The first kappa shape index (κ1) is 15.5. The van der Waals surface area contributed by atoms with Gasteiger partial charge in [-0.1, -0.05) is 66.5 Å². The van der Waals surface area contributed by atoms with Crippen molar-refractivity contribution in [3.63, 3.8) is 0 Å². The Labute approximate surface area is 132 Å². The molecule has 0 radical (unpaired) electrons. The molecule has 6 heteroatoms. The number of nitrogens with zero attached hydrogens (tertiary/aromatic N) is 1. The quantitative estimate of drug-likeness (QED) is 0.683. The normalized spacial score (nSPS) is 18.7. The van der Waals surface area contributed by atoms with Crippen LogP contribution in [-0.4, -0.2) is 32.2 Å². The average molecular weight is 319 g/mol. The van der Waals surface area contributed by atoms with Gasteiger partial charge in [0.2, 0.25) is 0 Å². The minimum Gasteiger partial charge on any atom is -0.480 e. The summed E-state index contributed by atoms with van der Waals surface area (Å²) in [6.07, 6.45) is 5.28. The number of rotatable bonds is 4. The van der Waals surface area contributed by atoms with Crippen LogP contribution < -0.4 is 0 Å². The molecular weight excluding hydrogens is 306 g/mol. The van der Waals surface area contributed by atoms with Crippen molar-refractivity contribution >= 4 is 46.3 Å². The Morgan fingerprint density at radius 2 is 2.05 bits per heavy atom. The summed E-state index contributed by atoms with van der Waals surface area (Å²) in [4.78, 5) is 24.7. The number of carboxylic acid groups (broad SMARTS) is 1. The fourth-order valence-corrected chi connectivity index (χ4v) is 3.12. The van der Waals surface area contributed by atoms with E-state index in [-0.39, 0.29) is 10.2 Å². The molecule has 1 heterocycles. The molecule has 1 aromatic carbocycles. The van der Waals surface area contributed by atoms with Crippen molar-refractivity contribution in [3.05, 3.63) is 53.0 Å². The molecule has 1 amide bonds. The molecule has 0 spiro atoms. The first-order valence-corrected chi connectivity index (χ1v) is 7.45. The first-order chi connectivity index (χ1) is 10.0. The Kier molecular flexibility index (Phi) is 4.93. The Balaban J connectivity index is 2.14. The van der Waals surface area contributed by atoms with E-state index in [9.17, 15) is 9.59 Å². The Bertz CT molecular complexity index is 638. The predicted octanol–water partition coefficient (Wildman–Crippen LogP) is 2.92. The van der Waals surface area contributed by atoms with Crippen LogP contribution in [0.25, 0.3) is 6.08 Å². The van der Waals surface area contributed by atoms with Crippen molar-refractivity contribution < 1.29 is 14.7 Å². The van der Waals surface area contributed by atoms with E-state index in [1.165, 1.54) is 6.92 Å². The summed E-state index contributed by atoms with van der Waals surface area (Å²) < 4.78 is 0.272. The van der Waals surface area contributed by atoms with Gasteiger partial charge in [-0.15, -0.1) is 0 Å². The third-order valence-corrected chi connectivity index (χ3v) is 4.25. The molecule has 0 bridgehead atoms. The van der Waals surface area contributed by atoms with Crippen LogP contribution in [0.5, 0.6) is 0 Å². The molecule has 1 saturated heterocycles. The summed E-state index contributed by atoms with van der Waals surface area (Å²) in [6, 6.07) is 8.71. The third kappa shape index (κ3) is 3.59. The number of thiocarbonyl (C=S) groups is 1. The van der Waals surface area contributed by atoms with Gasteiger partial charge in [-0.05, 0) is 18.6 Å². The fourth-order valence-electron chi connectivity index (χ4n) is 1.75. The van der Waals surface area contributed by atoms with Crippen molar-refractivity contribution in [2.45, 2.75) is 13.0 Å². The molecule has 0 saturated carbocycles. The van der Waals surface area contributed by atoms with Crippen molar-refractivity contribution in [1.82, 2.24) is 4.90 Å². The molecule has 21 heavy (non-hydrogen) atoms. The van der Waals surface area contributed by atoms with Crippen molar-refractivity contribution in [2.24, 2.45) is 0 Å². The molecule has 1 fully saturated rings. The van der Waals surface area contributed by atoms with E-state index < -0.39 is 12.0 Å². The Morgan fingerprint density at radius 3 is 2.67 bits per heavy atom. The molecule has 0 aromatic heterocycles. The fraction of sp³-hybridized carbons (Fsp3) is 0.133. The van der Waals surface area contributed by atoms with Crippen molar-refractivity contribution in [3.8, 4) is 0 Å². The summed E-state index contributed by atoms with van der Waals surface area (Å²) in [5.74, 6) is -1.44. The number of hydrogen-bond donors (Lipinski definition) is 1. The van der Waals surface area contributed by atoms with Gasteiger partial charge in [-0.3, -0.25) is 9.69 Å². The van der Waals surface area contributed by atoms with E-state index in [1.54, 1.807) is 12.2 Å². The van der Waals surface area contributed by atoms with Gasteiger partial charge in [0.1, 0.15) is 10.4 Å². The largest absolute Gasteiger partial charge is 0.480 e. The van der Waals surface area contributed by atoms with E-state index in [4.69, 9.17) is 17.3 Å². The average Bonchev–Trinajstić information content (AvgIpc) is 2.74. The zero-order chi connectivity index (χ0) is 15.4. The number of benzene rings is 1. The molecule has 108 valence electrons. The smallest absolute Gasteiger partial charge is 0.326 e. The molecule has 1 aliphatic rings. The predicted molar refractivity (Wildman–Crippen MR) is 87.7 cm³/mol. The minimum atomic E-state index is -1.08. The molecule has 1 N–H and O–H groups in total. The SMILES string of the molecule is CC(C(=O)O)N1C(=O)/C(=C\C=C\c2ccccc2)SC1=S. The van der Waals surface area contributed by atoms with Gasteiger partial charge in [0, 0.05) is 0 Å². The molecular formula is C15H13NO3S2. The van der Waals surface area contributed by atoms with Crippen LogP contribution in [0.4, 0.5) is 0 Å². The number of aliphatic carboxylic acids is 1. The summed E-state index contributed by atoms with van der Waals surface area (Å²) >= 11 is 6.19. The zero-order valence-corrected chi connectivity index (χ0v) is 12.9. The van der Waals surface area contributed by atoms with Crippen LogP contribution in [0.3, 0.4) is 0 Å². The monoisotopic (exact) mass is 319 g/mol. The lowest BCUT2D eigenvalue weighted by Crippen LogP contribution is -2.41. The highest BCUT2D eigenvalue weighted by Crippen LogP contribution is 2.32. The van der Waals surface area contributed by atoms with Crippen molar-refractivity contribution in [2.75, 3.05) is 0 Å². The summed E-state index contributed by atoms with van der Waals surface area (Å²) in [7, 11) is 0. The van der Waals surface area contributed by atoms with Crippen LogP contribution in [0.1, 0.15) is 12.5 Å². The lowest BCUT2D eigenvalue weighted by atomic mass is 10.2. The molecule has 2 rings (SSSR count). The number of hydrogen-bond acceptors (Lipinski definition) is 4. The second-order valence-electron chi connectivity index (χ2n) is 4.36. The second kappa shape index (κ2) is 6.69. The molecule has 1 unspecified atom stereocenters. The number of allylic oxidation sites excluding steroid dienone is 2. The van der Waals surface area contributed by atoms with E-state index >= 15 is 0 Å². The molecule has 1 aromatic rings. The number of amides is 1. The minimum absolute atomic E-state index is 0.272. The van der Waals surface area contributed by atoms with Gasteiger partial charge in [0.05, 0.1) is 4.91 Å². The van der Waals surface area contributed by atoms with Gasteiger partial charge in [-0.2, -0.15) is 0 Å². The Hall–Kier alpha value is -1.92. The van der Waals surface area contributed by atoms with E-state index in [2.05, 4.69) is 0 Å². The van der Waals surface area contributed by atoms with Crippen LogP contribution in [0, 0.1) is 0 Å². The number of carboxylic acids is 1. The van der Waals surface area contributed by atoms with Crippen LogP contribution in [-0.2, 0) is 9.59 Å². The van der Waals surface area contributed by atoms with Gasteiger partial charge >= 0.3 is 5.97 Å². The zero-order valence-electron chi connectivity index (χ0n) is 11.2. The Morgan fingerprint density at radius 1 is 1.38 bits per heavy atom. The van der Waals surface area contributed by atoms with Crippen LogP contribution in [0.2, 0.25) is 0 Å². The molecule has 0 aliphatic carbocycles. The van der Waals surface area contributed by atoms with Gasteiger partial charge < -0.3 is 5.11 Å². The highest BCUT2D eigenvalue weighted by molar-refractivity contribution is 8.26. The van der Waals surface area contributed by atoms with E-state index in [1.807, 2.05) is 36.4 Å². The maximum atomic E-state index is 12.2. The number of carbonyl (C=O) groups excluding carboxylic acids is 1. The van der Waals surface area contributed by atoms with Crippen molar-refractivity contribution in [1.29, 1.82) is 0 Å². The highest BCUT2D eigenvalue weighted by Gasteiger charge is 2.37. The van der Waals surface area contributed by atoms with Gasteiger partial charge in [0.25, 0.3) is 5.91 Å². The summed E-state index contributed by atoms with van der Waals surface area (Å²) in [5.41, 5.74) is 1.02.